The minimum absolute atomic E-state index is 0. The van der Waals surface area contributed by atoms with Crippen LogP contribution in [0.15, 0.2) is 0 Å². The summed E-state index contributed by atoms with van der Waals surface area (Å²) < 4.78 is 3.56. The third kappa shape index (κ3) is 24.0. The number of carbonyl (C=O) groups is 1. The topological polar surface area (TPSA) is 79.4 Å². The molecule has 0 fully saturated rings. The summed E-state index contributed by atoms with van der Waals surface area (Å²) in [6.45, 7) is 0. The predicted molar refractivity (Wildman–Crippen MR) is 20.1 cm³/mol. The maximum atomic E-state index is 9.03. The van der Waals surface area contributed by atoms with Crippen molar-refractivity contribution in [3.8, 4) is 0 Å². The molecule has 0 bridgehead atoms. The first kappa shape index (κ1) is 15.8. The fourth-order valence-electron chi connectivity index (χ4n) is 0. The van der Waals surface area contributed by atoms with E-state index in [0.717, 1.165) is 7.11 Å². The maximum Gasteiger partial charge on any atom is 2.00 e. The van der Waals surface area contributed by atoms with Crippen LogP contribution in [0.25, 0.3) is 0 Å². The van der Waals surface area contributed by atoms with E-state index in [2.05, 4.69) is 4.74 Å². The Bertz CT molecular complexity index is 45.0. The van der Waals surface area contributed by atoms with Crippen LogP contribution < -0.4 is 5.11 Å². The van der Waals surface area contributed by atoms with Gasteiger partial charge in [0, 0.05) is 7.11 Å². The number of rotatable bonds is 0. The van der Waals surface area contributed by atoms with Gasteiger partial charge in [0.15, 0.2) is 0 Å². The van der Waals surface area contributed by atoms with E-state index >= 15 is 0 Å². The third-order valence-corrected chi connectivity index (χ3v) is 0.167. The van der Waals surface area contributed by atoms with E-state index in [-0.39, 0.29) is 28.5 Å². The third-order valence-electron chi connectivity index (χ3n) is 0.167. The van der Waals surface area contributed by atoms with E-state index in [4.69, 9.17) is 9.90 Å². The minimum Gasteiger partial charge on any atom is -0.870 e. The van der Waals surface area contributed by atoms with E-state index in [1.807, 2.05) is 0 Å². The fourth-order valence-corrected chi connectivity index (χ4v) is 0. The number of carbonyl (C=O) groups excluding carboxylic acids is 1. The van der Waals surface area contributed by atoms with Gasteiger partial charge in [0.05, 0.1) is 0 Å². The number of carboxylic acid groups (broad SMARTS) is 1. The summed E-state index contributed by atoms with van der Waals surface area (Å²) in [4.78, 5) is 9.03. The summed E-state index contributed by atoms with van der Waals surface area (Å²) in [5.41, 5.74) is 0. The Morgan fingerprint density at radius 2 is 1.86 bits per heavy atom. The molecule has 0 aromatic heterocycles. The Hall–Kier alpha value is -0.00377. The molecule has 0 rings (SSSR count). The monoisotopic (exact) mass is 116 g/mol. The van der Waals surface area contributed by atoms with Crippen molar-refractivity contribution in [3.63, 3.8) is 0 Å². The Balaban J connectivity index is -0.0000000800. The molecule has 1 N–H and O–H groups in total. The van der Waals surface area contributed by atoms with E-state index in [0.29, 0.717) is 0 Å². The van der Waals surface area contributed by atoms with Gasteiger partial charge in [-0.3, -0.25) is 0 Å². The average Bonchev–Trinajstić information content (AvgIpc) is 1.38. The van der Waals surface area contributed by atoms with Crippen molar-refractivity contribution in [2.75, 3.05) is 7.11 Å². The summed E-state index contributed by atoms with van der Waals surface area (Å²) in [5.74, 6) is 0. The van der Waals surface area contributed by atoms with Gasteiger partial charge >= 0.3 is 23.1 Å². The second-order valence-electron chi connectivity index (χ2n) is 0.454. The van der Waals surface area contributed by atoms with Crippen LogP contribution in [0.5, 0.6) is 0 Å². The van der Waals surface area contributed by atoms with Gasteiger partial charge in [0.25, 0.3) is 6.16 Å². The van der Waals surface area contributed by atoms with Crippen molar-refractivity contribution in [1.82, 2.24) is 0 Å². The molecule has 0 heterocycles. The SMILES string of the molecule is COC(=O)[O-].[Mg+2].[OH-]. The maximum absolute atomic E-state index is 9.03. The zero-order valence-corrected chi connectivity index (χ0v) is 5.29. The van der Waals surface area contributed by atoms with Crippen molar-refractivity contribution in [2.24, 2.45) is 0 Å². The number of ether oxygens (including phenoxy) is 1. The Morgan fingerprint density at radius 1 is 1.71 bits per heavy atom. The number of hydrogen-bond donors (Lipinski definition) is 0. The van der Waals surface area contributed by atoms with Gasteiger partial charge in [-0.15, -0.1) is 0 Å². The molecule has 38 valence electrons. The van der Waals surface area contributed by atoms with Crippen LogP contribution in [0, 0.1) is 0 Å². The normalized spacial score (nSPS) is 4.71. The second-order valence-corrected chi connectivity index (χ2v) is 0.454. The molecule has 0 unspecified atom stereocenters. The van der Waals surface area contributed by atoms with Gasteiger partial charge < -0.3 is 20.1 Å². The largest absolute Gasteiger partial charge is 2.00 e. The van der Waals surface area contributed by atoms with Crippen molar-refractivity contribution < 1.29 is 20.1 Å². The van der Waals surface area contributed by atoms with E-state index in [1.54, 1.807) is 0 Å². The van der Waals surface area contributed by atoms with Crippen LogP contribution in [0.4, 0.5) is 4.79 Å². The van der Waals surface area contributed by atoms with Crippen molar-refractivity contribution in [2.45, 2.75) is 0 Å². The van der Waals surface area contributed by atoms with Crippen molar-refractivity contribution in [3.05, 3.63) is 0 Å². The van der Waals surface area contributed by atoms with E-state index in [1.165, 1.54) is 0 Å². The smallest absolute Gasteiger partial charge is 0.870 e. The molecular weight excluding hydrogens is 112 g/mol. The molecule has 5 heteroatoms. The first-order valence-corrected chi connectivity index (χ1v) is 1.02. The molecule has 0 radical (unpaired) electrons. The van der Waals surface area contributed by atoms with Gasteiger partial charge in [-0.2, -0.15) is 0 Å². The van der Waals surface area contributed by atoms with Gasteiger partial charge in [0.1, 0.15) is 0 Å². The molecule has 0 atom stereocenters. The first-order chi connectivity index (χ1) is 2.27. The van der Waals surface area contributed by atoms with Crippen LogP contribution in [0.1, 0.15) is 0 Å². The van der Waals surface area contributed by atoms with Crippen LogP contribution in [0.2, 0.25) is 0 Å². The molecule has 4 nitrogen and oxygen atoms in total. The molecule has 0 aliphatic carbocycles. The Morgan fingerprint density at radius 3 is 1.86 bits per heavy atom. The molecule has 0 aliphatic rings. The Kier molecular flexibility index (Phi) is 21.1. The molecule has 0 amide bonds. The van der Waals surface area contributed by atoms with Crippen LogP contribution in [-0.2, 0) is 4.74 Å². The quantitative estimate of drug-likeness (QED) is 0.283. The standard InChI is InChI=1S/C2H4O3.Mg.H2O/c1-5-2(3)4;;/h1H3,(H,3,4);;1H2/q;+2;/p-2. The Labute approximate surface area is 56.9 Å². The first-order valence-electron chi connectivity index (χ1n) is 1.02. The van der Waals surface area contributed by atoms with Gasteiger partial charge in [0.2, 0.25) is 0 Å². The zero-order chi connectivity index (χ0) is 4.28. The van der Waals surface area contributed by atoms with Gasteiger partial charge in [-0.25, -0.2) is 0 Å². The molecule has 0 spiro atoms. The minimum atomic E-state index is -1.50. The van der Waals surface area contributed by atoms with E-state index in [9.17, 15) is 0 Å². The number of hydrogen-bond acceptors (Lipinski definition) is 4. The molecular formula is C2H4MgO4. The summed E-state index contributed by atoms with van der Waals surface area (Å²) in [7, 11) is 1.04. The molecule has 0 saturated carbocycles. The average molecular weight is 116 g/mol. The summed E-state index contributed by atoms with van der Waals surface area (Å²) in [6, 6.07) is 0. The molecule has 0 aliphatic heterocycles. The molecule has 0 aromatic rings. The molecule has 0 aromatic carbocycles. The summed E-state index contributed by atoms with van der Waals surface area (Å²) in [6.07, 6.45) is -1.50. The van der Waals surface area contributed by atoms with Crippen LogP contribution in [-0.4, -0.2) is 41.8 Å². The van der Waals surface area contributed by atoms with Gasteiger partial charge in [-0.1, -0.05) is 0 Å². The summed E-state index contributed by atoms with van der Waals surface area (Å²) >= 11 is 0. The van der Waals surface area contributed by atoms with Crippen LogP contribution in [0.3, 0.4) is 0 Å². The molecule has 0 saturated heterocycles. The van der Waals surface area contributed by atoms with Crippen molar-refractivity contribution in [1.29, 1.82) is 0 Å². The fraction of sp³-hybridized carbons (Fsp3) is 0.500. The molecule has 7 heavy (non-hydrogen) atoms. The zero-order valence-electron chi connectivity index (χ0n) is 3.88. The van der Waals surface area contributed by atoms with Crippen LogP contribution >= 0.6 is 0 Å². The number of methoxy groups -OCH3 is 1. The van der Waals surface area contributed by atoms with Crippen molar-refractivity contribution >= 4 is 29.2 Å². The van der Waals surface area contributed by atoms with E-state index < -0.39 is 6.16 Å². The second kappa shape index (κ2) is 9.37. The van der Waals surface area contributed by atoms with Gasteiger partial charge in [-0.05, 0) is 0 Å². The predicted octanol–water partition coefficient (Wildman–Crippen LogP) is -1.58. The summed E-state index contributed by atoms with van der Waals surface area (Å²) in [5, 5.41) is 9.03.